The van der Waals surface area contributed by atoms with Crippen molar-refractivity contribution < 1.29 is 15.0 Å². The number of rotatable bonds is 7. The van der Waals surface area contributed by atoms with Gasteiger partial charge in [-0.15, -0.1) is 0 Å². The molecule has 5 nitrogen and oxygen atoms in total. The number of aromatic hydroxyl groups is 1. The lowest BCUT2D eigenvalue weighted by Crippen LogP contribution is -2.36. The molecule has 134 valence electrons. The van der Waals surface area contributed by atoms with Crippen molar-refractivity contribution in [2.24, 2.45) is 5.41 Å². The Morgan fingerprint density at radius 3 is 2.71 bits per heavy atom. The third-order valence-electron chi connectivity index (χ3n) is 4.80. The molecule has 0 bridgehead atoms. The lowest BCUT2D eigenvalue weighted by atomic mass is 9.88. The summed E-state index contributed by atoms with van der Waals surface area (Å²) in [6, 6.07) is 3.51. The van der Waals surface area contributed by atoms with Crippen LogP contribution in [-0.2, 0) is 19.4 Å². The molecule has 0 aliphatic heterocycles. The molecule has 0 unspecified atom stereocenters. The van der Waals surface area contributed by atoms with Gasteiger partial charge in [-0.05, 0) is 61.1 Å². The number of aliphatic hydroxyl groups is 1. The minimum atomic E-state index is -0.218. The Morgan fingerprint density at radius 2 is 1.96 bits per heavy atom. The first-order chi connectivity index (χ1) is 11.4. The van der Waals surface area contributed by atoms with Crippen LogP contribution >= 0.6 is 0 Å². The summed E-state index contributed by atoms with van der Waals surface area (Å²) < 4.78 is 0. The van der Waals surface area contributed by atoms with Crippen molar-refractivity contribution in [2.45, 2.75) is 58.9 Å². The van der Waals surface area contributed by atoms with E-state index in [0.717, 1.165) is 37.7 Å². The Hall–Kier alpha value is -1.75. The average Bonchev–Trinajstić information content (AvgIpc) is 2.58. The minimum absolute atomic E-state index is 0.104. The maximum Gasteiger partial charge on any atom is 0.315 e. The zero-order valence-electron chi connectivity index (χ0n) is 14.8. The number of hydrogen-bond acceptors (Lipinski definition) is 3. The molecular weight excluding hydrogens is 304 g/mol. The van der Waals surface area contributed by atoms with E-state index in [1.807, 2.05) is 19.9 Å². The molecule has 1 aromatic carbocycles. The van der Waals surface area contributed by atoms with E-state index in [9.17, 15) is 15.0 Å². The second kappa shape index (κ2) is 8.38. The molecular formula is C19H30N2O3. The van der Waals surface area contributed by atoms with Crippen LogP contribution in [0.2, 0.25) is 0 Å². The monoisotopic (exact) mass is 334 g/mol. The van der Waals surface area contributed by atoms with E-state index in [4.69, 9.17) is 0 Å². The number of amides is 2. The summed E-state index contributed by atoms with van der Waals surface area (Å²) in [5.74, 6) is 0.264. The van der Waals surface area contributed by atoms with Crippen molar-refractivity contribution in [3.63, 3.8) is 0 Å². The summed E-state index contributed by atoms with van der Waals surface area (Å²) in [5, 5.41) is 25.0. The summed E-state index contributed by atoms with van der Waals surface area (Å²) in [6.45, 7) is 5.09. The molecule has 0 saturated heterocycles. The number of nitrogens with one attached hydrogen (secondary N) is 2. The summed E-state index contributed by atoms with van der Waals surface area (Å²) >= 11 is 0. The lowest BCUT2D eigenvalue weighted by Gasteiger charge is -2.21. The SMILES string of the molecule is CC(C)(CO)CCCNC(=O)NCc1c(O)ccc2c1CCCC2. The van der Waals surface area contributed by atoms with Gasteiger partial charge in [-0.1, -0.05) is 19.9 Å². The summed E-state index contributed by atoms with van der Waals surface area (Å²) in [4.78, 5) is 11.9. The Balaban J connectivity index is 1.80. The molecule has 1 aliphatic carbocycles. The van der Waals surface area contributed by atoms with E-state index in [-0.39, 0.29) is 23.8 Å². The van der Waals surface area contributed by atoms with Crippen molar-refractivity contribution in [3.05, 3.63) is 28.8 Å². The third kappa shape index (κ3) is 5.13. The van der Waals surface area contributed by atoms with Crippen LogP contribution in [-0.4, -0.2) is 29.4 Å². The molecule has 0 radical (unpaired) electrons. The van der Waals surface area contributed by atoms with E-state index in [1.165, 1.54) is 17.5 Å². The third-order valence-corrected chi connectivity index (χ3v) is 4.80. The summed E-state index contributed by atoms with van der Waals surface area (Å²) in [6.07, 6.45) is 6.03. The fraction of sp³-hybridized carbons (Fsp3) is 0.632. The number of benzene rings is 1. The molecule has 0 saturated carbocycles. The minimum Gasteiger partial charge on any atom is -0.508 e. The standard InChI is InChI=1S/C19H30N2O3/c1-19(2,13-22)10-5-11-20-18(24)21-12-16-15-7-4-3-6-14(15)8-9-17(16)23/h8-9,22-23H,3-7,10-13H2,1-2H3,(H2,20,21,24). The van der Waals surface area contributed by atoms with E-state index < -0.39 is 0 Å². The zero-order valence-corrected chi connectivity index (χ0v) is 14.8. The Bertz CT molecular complexity index is 570. The number of aryl methyl sites for hydroxylation is 1. The van der Waals surface area contributed by atoms with Gasteiger partial charge >= 0.3 is 6.03 Å². The van der Waals surface area contributed by atoms with E-state index in [2.05, 4.69) is 10.6 Å². The first-order valence-electron chi connectivity index (χ1n) is 8.88. The molecule has 0 spiro atoms. The Kier molecular flexibility index (Phi) is 6.49. The van der Waals surface area contributed by atoms with Crippen LogP contribution in [0.1, 0.15) is 56.2 Å². The van der Waals surface area contributed by atoms with Gasteiger partial charge < -0.3 is 20.8 Å². The van der Waals surface area contributed by atoms with Gasteiger partial charge in [0.25, 0.3) is 0 Å². The number of carbonyl (C=O) groups is 1. The number of hydrogen-bond donors (Lipinski definition) is 4. The predicted octanol–water partition coefficient (Wildman–Crippen LogP) is 2.87. The summed E-state index contributed by atoms with van der Waals surface area (Å²) in [5.41, 5.74) is 3.24. The van der Waals surface area contributed by atoms with Crippen molar-refractivity contribution in [1.82, 2.24) is 10.6 Å². The van der Waals surface area contributed by atoms with Gasteiger partial charge in [0, 0.05) is 25.3 Å². The fourth-order valence-corrected chi connectivity index (χ4v) is 3.17. The number of phenolic OH excluding ortho intramolecular Hbond substituents is 1. The molecule has 0 heterocycles. The highest BCUT2D eigenvalue weighted by Crippen LogP contribution is 2.30. The molecule has 2 amide bonds. The van der Waals surface area contributed by atoms with Crippen molar-refractivity contribution in [3.8, 4) is 5.75 Å². The topological polar surface area (TPSA) is 81.6 Å². The van der Waals surface area contributed by atoms with Gasteiger partial charge in [-0.3, -0.25) is 0 Å². The largest absolute Gasteiger partial charge is 0.508 e. The smallest absolute Gasteiger partial charge is 0.315 e. The van der Waals surface area contributed by atoms with Crippen LogP contribution in [0.3, 0.4) is 0 Å². The van der Waals surface area contributed by atoms with Gasteiger partial charge in [0.05, 0.1) is 0 Å². The van der Waals surface area contributed by atoms with E-state index in [1.54, 1.807) is 6.07 Å². The first kappa shape index (κ1) is 18.6. The second-order valence-electron chi connectivity index (χ2n) is 7.44. The van der Waals surface area contributed by atoms with Crippen molar-refractivity contribution >= 4 is 6.03 Å². The number of aliphatic hydroxyl groups excluding tert-OH is 1. The highest BCUT2D eigenvalue weighted by molar-refractivity contribution is 5.74. The van der Waals surface area contributed by atoms with Gasteiger partial charge in [-0.25, -0.2) is 4.79 Å². The molecule has 0 atom stereocenters. The summed E-state index contributed by atoms with van der Waals surface area (Å²) in [7, 11) is 0. The van der Waals surface area contributed by atoms with Crippen LogP contribution in [0.5, 0.6) is 5.75 Å². The molecule has 24 heavy (non-hydrogen) atoms. The van der Waals surface area contributed by atoms with Gasteiger partial charge in [-0.2, -0.15) is 0 Å². The molecule has 0 aromatic heterocycles. The van der Waals surface area contributed by atoms with Crippen molar-refractivity contribution in [2.75, 3.05) is 13.2 Å². The highest BCUT2D eigenvalue weighted by Gasteiger charge is 2.17. The maximum absolute atomic E-state index is 11.9. The molecule has 5 heteroatoms. The number of urea groups is 1. The molecule has 1 aliphatic rings. The van der Waals surface area contributed by atoms with Gasteiger partial charge in [0.2, 0.25) is 0 Å². The second-order valence-corrected chi connectivity index (χ2v) is 7.44. The van der Waals surface area contributed by atoms with Crippen LogP contribution in [0.15, 0.2) is 12.1 Å². The van der Waals surface area contributed by atoms with Crippen molar-refractivity contribution in [1.29, 1.82) is 0 Å². The zero-order chi connectivity index (χ0) is 17.6. The van der Waals surface area contributed by atoms with Crippen LogP contribution < -0.4 is 10.6 Å². The lowest BCUT2D eigenvalue weighted by molar-refractivity contribution is 0.148. The molecule has 2 rings (SSSR count). The first-order valence-corrected chi connectivity index (χ1v) is 8.88. The van der Waals surface area contributed by atoms with Gasteiger partial charge in [0.15, 0.2) is 0 Å². The Labute approximate surface area is 144 Å². The van der Waals surface area contributed by atoms with Crippen LogP contribution in [0.4, 0.5) is 4.79 Å². The number of phenols is 1. The Morgan fingerprint density at radius 1 is 1.21 bits per heavy atom. The van der Waals surface area contributed by atoms with E-state index >= 15 is 0 Å². The highest BCUT2D eigenvalue weighted by atomic mass is 16.3. The predicted molar refractivity (Wildman–Crippen MR) is 95.1 cm³/mol. The fourth-order valence-electron chi connectivity index (χ4n) is 3.17. The normalized spacial score (nSPS) is 14.1. The van der Waals surface area contributed by atoms with Gasteiger partial charge in [0.1, 0.15) is 5.75 Å². The maximum atomic E-state index is 11.9. The average molecular weight is 334 g/mol. The molecule has 0 fully saturated rings. The van der Waals surface area contributed by atoms with E-state index in [0.29, 0.717) is 13.1 Å². The van der Waals surface area contributed by atoms with Crippen LogP contribution in [0, 0.1) is 5.41 Å². The number of carbonyl (C=O) groups excluding carboxylic acids is 1. The number of fused-ring (bicyclic) bond motifs is 1. The molecule has 1 aromatic rings. The quantitative estimate of drug-likeness (QED) is 0.579. The molecule has 4 N–H and O–H groups in total. The van der Waals surface area contributed by atoms with Crippen LogP contribution in [0.25, 0.3) is 0 Å².